The lowest BCUT2D eigenvalue weighted by Gasteiger charge is -2.36. The lowest BCUT2D eigenvalue weighted by Crippen LogP contribution is -2.51. The number of amides is 3. The summed E-state index contributed by atoms with van der Waals surface area (Å²) in [4.78, 5) is 27.5. The van der Waals surface area contributed by atoms with Crippen LogP contribution in [0.15, 0.2) is 18.3 Å². The van der Waals surface area contributed by atoms with E-state index in [-0.39, 0.29) is 24.0 Å². The van der Waals surface area contributed by atoms with Crippen molar-refractivity contribution < 1.29 is 9.59 Å². The molecule has 0 aromatic carbocycles. The van der Waals surface area contributed by atoms with Crippen molar-refractivity contribution in [1.29, 1.82) is 0 Å². The van der Waals surface area contributed by atoms with Crippen molar-refractivity contribution in [2.45, 2.75) is 51.6 Å². The van der Waals surface area contributed by atoms with Gasteiger partial charge in [-0.05, 0) is 44.7 Å². The SMILES string of the molecule is CC(=O)N(C)C1CCN(C(=O)N[C@@H](C)CCc2cccn2C)CC1. The predicted octanol–water partition coefficient (Wildman–Crippen LogP) is 2.00. The van der Waals surface area contributed by atoms with Gasteiger partial charge in [0.25, 0.3) is 0 Å². The van der Waals surface area contributed by atoms with Crippen LogP contribution >= 0.6 is 0 Å². The van der Waals surface area contributed by atoms with Gasteiger partial charge in [-0.1, -0.05) is 0 Å². The molecule has 2 heterocycles. The minimum atomic E-state index is 0.0123. The molecule has 1 aromatic heterocycles. The van der Waals surface area contributed by atoms with E-state index in [1.54, 1.807) is 11.8 Å². The zero-order chi connectivity index (χ0) is 17.7. The first-order valence-corrected chi connectivity index (χ1v) is 8.77. The third kappa shape index (κ3) is 4.76. The second-order valence-electron chi connectivity index (χ2n) is 6.85. The van der Waals surface area contributed by atoms with Crippen molar-refractivity contribution in [2.24, 2.45) is 7.05 Å². The van der Waals surface area contributed by atoms with Gasteiger partial charge >= 0.3 is 6.03 Å². The number of urea groups is 1. The fraction of sp³-hybridized carbons (Fsp3) is 0.667. The minimum absolute atomic E-state index is 0.0123. The Morgan fingerprint density at radius 3 is 2.58 bits per heavy atom. The topological polar surface area (TPSA) is 57.6 Å². The highest BCUT2D eigenvalue weighted by atomic mass is 16.2. The molecule has 0 spiro atoms. The molecule has 1 aromatic rings. The Morgan fingerprint density at radius 2 is 2.04 bits per heavy atom. The summed E-state index contributed by atoms with van der Waals surface area (Å²) in [5.41, 5.74) is 1.28. The second-order valence-corrected chi connectivity index (χ2v) is 6.85. The first-order valence-electron chi connectivity index (χ1n) is 8.77. The highest BCUT2D eigenvalue weighted by Gasteiger charge is 2.26. The van der Waals surface area contributed by atoms with E-state index in [1.807, 2.05) is 31.3 Å². The third-order valence-corrected chi connectivity index (χ3v) is 5.05. The van der Waals surface area contributed by atoms with Gasteiger partial charge in [0, 0.05) is 58.1 Å². The summed E-state index contributed by atoms with van der Waals surface area (Å²) >= 11 is 0. The van der Waals surface area contributed by atoms with E-state index in [4.69, 9.17) is 0 Å². The summed E-state index contributed by atoms with van der Waals surface area (Å²) in [6.07, 6.45) is 5.62. The molecule has 6 heteroatoms. The van der Waals surface area contributed by atoms with Gasteiger partial charge in [0.15, 0.2) is 0 Å². The number of hydrogen-bond acceptors (Lipinski definition) is 2. The highest BCUT2D eigenvalue weighted by Crippen LogP contribution is 2.16. The summed E-state index contributed by atoms with van der Waals surface area (Å²) in [6.45, 7) is 5.06. The predicted molar refractivity (Wildman–Crippen MR) is 94.8 cm³/mol. The first kappa shape index (κ1) is 18.4. The Hall–Kier alpha value is -1.98. The molecule has 6 nitrogen and oxygen atoms in total. The standard InChI is InChI=1S/C18H30N4O2/c1-14(7-8-16-6-5-11-20(16)3)19-18(24)22-12-9-17(10-13-22)21(4)15(2)23/h5-6,11,14,17H,7-10,12-13H2,1-4H3,(H,19,24)/t14-/m0/s1. The zero-order valence-electron chi connectivity index (χ0n) is 15.3. The number of hydrogen-bond donors (Lipinski definition) is 1. The number of aryl methyl sites for hydroxylation is 2. The Bertz CT molecular complexity index is 561. The van der Waals surface area contributed by atoms with Crippen molar-refractivity contribution in [1.82, 2.24) is 19.7 Å². The van der Waals surface area contributed by atoms with Crippen LogP contribution in [0.25, 0.3) is 0 Å². The summed E-state index contributed by atoms with van der Waals surface area (Å²) in [5.74, 6) is 0.0900. The van der Waals surface area contributed by atoms with Crippen LogP contribution in [-0.4, -0.2) is 58.5 Å². The van der Waals surface area contributed by atoms with E-state index < -0.39 is 0 Å². The number of aromatic nitrogens is 1. The molecule has 0 saturated carbocycles. The Kier molecular flexibility index (Phi) is 6.29. The summed E-state index contributed by atoms with van der Waals surface area (Å²) in [6, 6.07) is 4.57. The van der Waals surface area contributed by atoms with Gasteiger partial charge in [0.05, 0.1) is 0 Å². The third-order valence-electron chi connectivity index (χ3n) is 5.05. The van der Waals surface area contributed by atoms with Gasteiger partial charge in [-0.3, -0.25) is 4.79 Å². The number of rotatable bonds is 5. The fourth-order valence-corrected chi connectivity index (χ4v) is 3.21. The summed E-state index contributed by atoms with van der Waals surface area (Å²) < 4.78 is 2.12. The molecule has 3 amide bonds. The molecule has 134 valence electrons. The fourth-order valence-electron chi connectivity index (χ4n) is 3.21. The van der Waals surface area contributed by atoms with E-state index >= 15 is 0 Å². The lowest BCUT2D eigenvalue weighted by atomic mass is 10.0. The lowest BCUT2D eigenvalue weighted by molar-refractivity contribution is -0.130. The molecular weight excluding hydrogens is 304 g/mol. The van der Waals surface area contributed by atoms with Crippen LogP contribution in [0.2, 0.25) is 0 Å². The minimum Gasteiger partial charge on any atom is -0.354 e. The number of carbonyl (C=O) groups excluding carboxylic acids is 2. The molecule has 1 N–H and O–H groups in total. The zero-order valence-corrected chi connectivity index (χ0v) is 15.3. The molecule has 1 aliphatic rings. The molecule has 1 fully saturated rings. The van der Waals surface area contributed by atoms with Crippen molar-refractivity contribution >= 4 is 11.9 Å². The Balaban J connectivity index is 1.73. The van der Waals surface area contributed by atoms with Crippen LogP contribution < -0.4 is 5.32 Å². The van der Waals surface area contributed by atoms with Crippen molar-refractivity contribution in [3.8, 4) is 0 Å². The Labute approximate surface area is 144 Å². The van der Waals surface area contributed by atoms with Crippen LogP contribution in [0.5, 0.6) is 0 Å². The molecule has 1 saturated heterocycles. The van der Waals surface area contributed by atoms with Crippen LogP contribution in [0, 0.1) is 0 Å². The molecule has 0 unspecified atom stereocenters. The normalized spacial score (nSPS) is 16.8. The molecule has 1 atom stereocenters. The average molecular weight is 334 g/mol. The van der Waals surface area contributed by atoms with E-state index in [0.717, 1.165) is 25.7 Å². The van der Waals surface area contributed by atoms with E-state index in [1.165, 1.54) is 5.69 Å². The quantitative estimate of drug-likeness (QED) is 0.895. The monoisotopic (exact) mass is 334 g/mol. The van der Waals surface area contributed by atoms with Gasteiger partial charge in [0.2, 0.25) is 5.91 Å². The van der Waals surface area contributed by atoms with Gasteiger partial charge < -0.3 is 19.7 Å². The molecule has 24 heavy (non-hydrogen) atoms. The van der Waals surface area contributed by atoms with Gasteiger partial charge in [-0.25, -0.2) is 4.79 Å². The molecular formula is C18H30N4O2. The van der Waals surface area contributed by atoms with E-state index in [9.17, 15) is 9.59 Å². The molecule has 0 bridgehead atoms. The molecule has 1 aliphatic heterocycles. The largest absolute Gasteiger partial charge is 0.354 e. The summed E-state index contributed by atoms with van der Waals surface area (Å²) in [7, 11) is 3.88. The first-order chi connectivity index (χ1) is 11.4. The van der Waals surface area contributed by atoms with Crippen LogP contribution in [0.3, 0.4) is 0 Å². The molecule has 2 rings (SSSR count). The van der Waals surface area contributed by atoms with Crippen LogP contribution in [0.4, 0.5) is 4.79 Å². The van der Waals surface area contributed by atoms with Crippen molar-refractivity contribution in [2.75, 3.05) is 20.1 Å². The van der Waals surface area contributed by atoms with Crippen molar-refractivity contribution in [3.05, 3.63) is 24.0 Å². The number of nitrogens with one attached hydrogen (secondary N) is 1. The maximum Gasteiger partial charge on any atom is 0.317 e. The van der Waals surface area contributed by atoms with E-state index in [0.29, 0.717) is 13.1 Å². The van der Waals surface area contributed by atoms with Crippen molar-refractivity contribution in [3.63, 3.8) is 0 Å². The maximum absolute atomic E-state index is 12.4. The van der Waals surface area contributed by atoms with Crippen LogP contribution in [0.1, 0.15) is 38.8 Å². The molecule has 0 radical (unpaired) electrons. The average Bonchev–Trinajstić information content (AvgIpc) is 2.97. The smallest absolute Gasteiger partial charge is 0.317 e. The number of carbonyl (C=O) groups is 2. The van der Waals surface area contributed by atoms with Gasteiger partial charge in [0.1, 0.15) is 0 Å². The van der Waals surface area contributed by atoms with Gasteiger partial charge in [-0.15, -0.1) is 0 Å². The molecule has 0 aliphatic carbocycles. The maximum atomic E-state index is 12.4. The van der Waals surface area contributed by atoms with E-state index in [2.05, 4.69) is 22.9 Å². The van der Waals surface area contributed by atoms with Gasteiger partial charge in [-0.2, -0.15) is 0 Å². The summed E-state index contributed by atoms with van der Waals surface area (Å²) in [5, 5.41) is 3.10. The Morgan fingerprint density at radius 1 is 1.38 bits per heavy atom. The number of piperidine rings is 1. The number of likely N-dealkylation sites (tertiary alicyclic amines) is 1. The van der Waals surface area contributed by atoms with Crippen LogP contribution in [-0.2, 0) is 18.3 Å². The second kappa shape index (κ2) is 8.22. The number of nitrogens with zero attached hydrogens (tertiary/aromatic N) is 3. The highest BCUT2D eigenvalue weighted by molar-refractivity contribution is 5.75.